The number of urea groups is 1. The van der Waals surface area contributed by atoms with Crippen LogP contribution in [-0.2, 0) is 16.5 Å². The third kappa shape index (κ3) is 4.25. The van der Waals surface area contributed by atoms with Crippen molar-refractivity contribution in [3.63, 3.8) is 0 Å². The Morgan fingerprint density at radius 1 is 1.00 bits per heavy atom. The average molecular weight is 487 g/mol. The van der Waals surface area contributed by atoms with Gasteiger partial charge in [0, 0.05) is 5.70 Å². The number of carbonyl (C=O) groups excluding carboxylic acids is 1. The number of benzene rings is 3. The fourth-order valence-electron chi connectivity index (χ4n) is 4.01. The van der Waals surface area contributed by atoms with Gasteiger partial charge in [0.2, 0.25) is 9.84 Å². The molecule has 3 aromatic carbocycles. The number of nitriles is 2. The molecule has 9 heteroatoms. The number of hydrogen-bond acceptors (Lipinski definition) is 5. The molecule has 0 fully saturated rings. The predicted molar refractivity (Wildman–Crippen MR) is 126 cm³/mol. The van der Waals surface area contributed by atoms with Gasteiger partial charge in [-0.2, -0.15) is 10.5 Å². The van der Waals surface area contributed by atoms with Crippen molar-refractivity contribution in [2.24, 2.45) is 0 Å². The largest absolute Gasteiger partial charge is 0.327 e. The first kappa shape index (κ1) is 23.7. The van der Waals surface area contributed by atoms with E-state index in [1.165, 1.54) is 41.3 Å². The van der Waals surface area contributed by atoms with Crippen LogP contribution in [0.5, 0.6) is 0 Å². The van der Waals surface area contributed by atoms with E-state index in [0.29, 0.717) is 11.3 Å². The zero-order valence-electron chi connectivity index (χ0n) is 18.6. The van der Waals surface area contributed by atoms with Crippen molar-refractivity contribution in [2.45, 2.75) is 29.4 Å². The second-order valence-corrected chi connectivity index (χ2v) is 9.73. The summed E-state index contributed by atoms with van der Waals surface area (Å²) >= 11 is 0. The van der Waals surface area contributed by atoms with E-state index in [4.69, 9.17) is 0 Å². The molecule has 0 spiro atoms. The third-order valence-corrected chi connectivity index (χ3v) is 7.55. The summed E-state index contributed by atoms with van der Waals surface area (Å²) in [5.74, 6) is 0. The lowest BCUT2D eigenvalue weighted by Crippen LogP contribution is -2.46. The van der Waals surface area contributed by atoms with Gasteiger partial charge in [-0.05, 0) is 54.4 Å². The third-order valence-electron chi connectivity index (χ3n) is 5.72. The van der Waals surface area contributed by atoms with Crippen molar-refractivity contribution in [3.8, 4) is 12.1 Å². The lowest BCUT2D eigenvalue weighted by atomic mass is 9.94. The van der Waals surface area contributed by atoms with Crippen LogP contribution in [0.1, 0.15) is 29.7 Å². The normalized spacial score (nSPS) is 15.8. The van der Waals surface area contributed by atoms with Gasteiger partial charge in [0.25, 0.3) is 0 Å². The van der Waals surface area contributed by atoms with Crippen LogP contribution in [0.15, 0.2) is 93.9 Å². The molecule has 2 amide bonds. The van der Waals surface area contributed by atoms with Gasteiger partial charge in [-0.15, -0.1) is 0 Å². The number of nitrogens with zero attached hydrogens (tertiary/aromatic N) is 3. The van der Waals surface area contributed by atoms with Gasteiger partial charge in [-0.3, -0.25) is 4.90 Å². The molecule has 174 valence electrons. The van der Waals surface area contributed by atoms with E-state index in [-0.39, 0.29) is 32.2 Å². The predicted octanol–water partition coefficient (Wildman–Crippen LogP) is 4.93. The fraction of sp³-hybridized carbons (Fsp3) is 0.115. The number of carbonyl (C=O) groups is 1. The van der Waals surface area contributed by atoms with Crippen LogP contribution >= 0.6 is 0 Å². The lowest BCUT2D eigenvalue weighted by Gasteiger charge is -2.34. The molecular formula is C26H19FN4O3S. The minimum atomic E-state index is -4.08. The SMILES string of the molecule is CC1=C(C#N)[C@@H](c2ccc(C#N)cc2S(=O)(=O)c2ccccc2)NC(=O)N1c1cccc(CF)c1. The summed E-state index contributed by atoms with van der Waals surface area (Å²) in [5, 5.41) is 22.1. The number of nitrogens with one attached hydrogen (secondary N) is 1. The number of allylic oxidation sites excluding steroid dienone is 1. The van der Waals surface area contributed by atoms with E-state index in [2.05, 4.69) is 11.4 Å². The number of anilines is 1. The molecule has 0 radical (unpaired) electrons. The van der Waals surface area contributed by atoms with Gasteiger partial charge < -0.3 is 5.32 Å². The molecule has 0 saturated carbocycles. The Bertz CT molecular complexity index is 1540. The molecule has 1 atom stereocenters. The first-order valence-electron chi connectivity index (χ1n) is 10.5. The van der Waals surface area contributed by atoms with Crippen LogP contribution < -0.4 is 10.2 Å². The average Bonchev–Trinajstić information content (AvgIpc) is 2.88. The zero-order chi connectivity index (χ0) is 25.2. The second-order valence-electron chi connectivity index (χ2n) is 7.81. The summed E-state index contributed by atoms with van der Waals surface area (Å²) in [6, 6.07) is 20.5. The van der Waals surface area contributed by atoms with Crippen molar-refractivity contribution in [3.05, 3.63) is 101 Å². The molecule has 1 heterocycles. The van der Waals surface area contributed by atoms with Crippen LogP contribution in [0.2, 0.25) is 0 Å². The maximum Gasteiger partial charge on any atom is 0.327 e. The van der Waals surface area contributed by atoms with Crippen LogP contribution in [0.3, 0.4) is 0 Å². The molecule has 4 rings (SSSR count). The van der Waals surface area contributed by atoms with E-state index >= 15 is 0 Å². The second kappa shape index (κ2) is 9.41. The van der Waals surface area contributed by atoms with Crippen LogP contribution in [0, 0.1) is 22.7 Å². The minimum Gasteiger partial charge on any atom is -0.326 e. The van der Waals surface area contributed by atoms with Gasteiger partial charge in [-0.1, -0.05) is 36.4 Å². The fourth-order valence-corrected chi connectivity index (χ4v) is 5.56. The number of rotatable bonds is 5. The summed E-state index contributed by atoms with van der Waals surface area (Å²) in [5.41, 5.74) is 1.42. The smallest absolute Gasteiger partial charge is 0.326 e. The highest BCUT2D eigenvalue weighted by molar-refractivity contribution is 7.91. The highest BCUT2D eigenvalue weighted by atomic mass is 32.2. The van der Waals surface area contributed by atoms with Crippen LogP contribution in [0.4, 0.5) is 14.9 Å². The van der Waals surface area contributed by atoms with E-state index < -0.39 is 28.6 Å². The number of alkyl halides is 1. The lowest BCUT2D eigenvalue weighted by molar-refractivity contribution is 0.243. The van der Waals surface area contributed by atoms with Crippen molar-refractivity contribution < 1.29 is 17.6 Å². The Morgan fingerprint density at radius 3 is 2.40 bits per heavy atom. The Labute approximate surface area is 202 Å². The molecule has 35 heavy (non-hydrogen) atoms. The molecule has 0 saturated heterocycles. The molecule has 0 bridgehead atoms. The highest BCUT2D eigenvalue weighted by Gasteiger charge is 2.36. The molecule has 0 aromatic heterocycles. The summed E-state index contributed by atoms with van der Waals surface area (Å²) < 4.78 is 40.2. The van der Waals surface area contributed by atoms with E-state index in [0.717, 1.165) is 0 Å². The number of sulfone groups is 1. The first-order chi connectivity index (χ1) is 16.8. The monoisotopic (exact) mass is 486 g/mol. The molecule has 0 aliphatic carbocycles. The molecular weight excluding hydrogens is 467 g/mol. The quantitative estimate of drug-likeness (QED) is 0.549. The van der Waals surface area contributed by atoms with Gasteiger partial charge in [0.05, 0.1) is 44.8 Å². The highest BCUT2D eigenvalue weighted by Crippen LogP contribution is 2.37. The summed E-state index contributed by atoms with van der Waals surface area (Å²) in [4.78, 5) is 14.3. The molecule has 1 N–H and O–H groups in total. The van der Waals surface area contributed by atoms with Gasteiger partial charge in [0.15, 0.2) is 0 Å². The molecule has 3 aromatic rings. The van der Waals surface area contributed by atoms with Crippen LogP contribution in [0.25, 0.3) is 0 Å². The first-order valence-corrected chi connectivity index (χ1v) is 12.0. The molecule has 1 aliphatic heterocycles. The maximum absolute atomic E-state index is 13.5. The van der Waals surface area contributed by atoms with Crippen LogP contribution in [-0.4, -0.2) is 14.4 Å². The Balaban J connectivity index is 1.90. The number of hydrogen-bond donors (Lipinski definition) is 1. The van der Waals surface area contributed by atoms with E-state index in [9.17, 15) is 28.1 Å². The van der Waals surface area contributed by atoms with E-state index in [1.807, 2.05) is 6.07 Å². The Morgan fingerprint density at radius 2 is 1.74 bits per heavy atom. The van der Waals surface area contributed by atoms with Crippen molar-refractivity contribution in [1.29, 1.82) is 10.5 Å². The summed E-state index contributed by atoms with van der Waals surface area (Å²) in [7, 11) is -4.08. The zero-order valence-corrected chi connectivity index (χ0v) is 19.4. The topological polar surface area (TPSA) is 114 Å². The van der Waals surface area contributed by atoms with Gasteiger partial charge in [0.1, 0.15) is 6.67 Å². The number of halogens is 1. The standard InChI is InChI=1S/C26H19FN4O3S/c1-17-23(16-29)25(30-26(32)31(17)20-7-5-6-18(12-20)14-27)22-11-10-19(15-28)13-24(22)35(33,34)21-8-3-2-4-9-21/h2-13,25H,14H2,1H3,(H,30,32)/t25-/m1/s1. The van der Waals surface area contributed by atoms with Gasteiger partial charge >= 0.3 is 6.03 Å². The van der Waals surface area contributed by atoms with Gasteiger partial charge in [-0.25, -0.2) is 17.6 Å². The van der Waals surface area contributed by atoms with E-state index in [1.54, 1.807) is 43.3 Å². The van der Waals surface area contributed by atoms with Crippen molar-refractivity contribution >= 4 is 21.6 Å². The summed E-state index contributed by atoms with van der Waals surface area (Å²) in [6.07, 6.45) is 0. The molecule has 7 nitrogen and oxygen atoms in total. The Kier molecular flexibility index (Phi) is 6.37. The van der Waals surface area contributed by atoms with Crippen molar-refractivity contribution in [1.82, 2.24) is 5.32 Å². The number of amides is 2. The molecule has 1 aliphatic rings. The van der Waals surface area contributed by atoms with Crippen molar-refractivity contribution in [2.75, 3.05) is 4.90 Å². The minimum absolute atomic E-state index is 0.0161. The molecule has 0 unspecified atom stereocenters. The summed E-state index contributed by atoms with van der Waals surface area (Å²) in [6.45, 7) is 0.854. The maximum atomic E-state index is 13.5. The Hall–Kier alpha value is -4.47.